The average Bonchev–Trinajstić information content (AvgIpc) is 2.63. The molecule has 3 atom stereocenters. The molecule has 0 spiro atoms. The van der Waals surface area contributed by atoms with Crippen LogP contribution < -0.4 is 27.4 Å². The number of nitrogens with two attached hydrogens (primary N) is 2. The Bertz CT molecular complexity index is 568. The molecule has 0 aliphatic heterocycles. The predicted molar refractivity (Wildman–Crippen MR) is 114 cm³/mol. The van der Waals surface area contributed by atoms with Gasteiger partial charge in [-0.05, 0) is 50.5 Å². The highest BCUT2D eigenvalue weighted by atomic mass is 16.4. The Morgan fingerprint density at radius 2 is 1.47 bits per heavy atom. The largest absolute Gasteiger partial charge is 0.480 e. The van der Waals surface area contributed by atoms with E-state index in [0.29, 0.717) is 32.2 Å². The minimum atomic E-state index is -1.14. The quantitative estimate of drug-likeness (QED) is 0.194. The number of carboxylic acid groups (broad SMARTS) is 1. The SMILES string of the molecule is CC(C)CC(N)C(=O)NC(CC(C)C)C(=O)NCC(=O)NC(CCCCN)C(=O)O. The highest BCUT2D eigenvalue weighted by Crippen LogP contribution is 2.07. The molecule has 174 valence electrons. The van der Waals surface area contributed by atoms with Crippen molar-refractivity contribution in [3.05, 3.63) is 0 Å². The Morgan fingerprint density at radius 3 is 1.97 bits per heavy atom. The molecule has 0 fully saturated rings. The molecular formula is C20H39N5O5. The Morgan fingerprint density at radius 1 is 0.867 bits per heavy atom. The van der Waals surface area contributed by atoms with E-state index in [2.05, 4.69) is 16.0 Å². The summed E-state index contributed by atoms with van der Waals surface area (Å²) in [5.74, 6) is -2.34. The number of nitrogens with one attached hydrogen (secondary N) is 3. The Balaban J connectivity index is 4.77. The smallest absolute Gasteiger partial charge is 0.326 e. The molecule has 0 aromatic rings. The van der Waals surface area contributed by atoms with Crippen LogP contribution in [-0.4, -0.2) is 60.0 Å². The van der Waals surface area contributed by atoms with Crippen molar-refractivity contribution >= 4 is 23.7 Å². The second-order valence-electron chi connectivity index (χ2n) is 8.39. The van der Waals surface area contributed by atoms with E-state index in [9.17, 15) is 24.3 Å². The zero-order valence-corrected chi connectivity index (χ0v) is 18.6. The maximum absolute atomic E-state index is 12.5. The van der Waals surface area contributed by atoms with Gasteiger partial charge in [0, 0.05) is 0 Å². The van der Waals surface area contributed by atoms with Gasteiger partial charge in [-0.3, -0.25) is 14.4 Å². The topological polar surface area (TPSA) is 177 Å². The Kier molecular flexibility index (Phi) is 13.7. The van der Waals surface area contributed by atoms with Gasteiger partial charge in [0.25, 0.3) is 0 Å². The molecule has 0 aliphatic carbocycles. The highest BCUT2D eigenvalue weighted by molar-refractivity contribution is 5.92. The number of rotatable bonds is 15. The van der Waals surface area contributed by atoms with Gasteiger partial charge in [0.1, 0.15) is 12.1 Å². The van der Waals surface area contributed by atoms with Gasteiger partial charge >= 0.3 is 5.97 Å². The van der Waals surface area contributed by atoms with E-state index in [0.717, 1.165) is 0 Å². The number of hydrogen-bond donors (Lipinski definition) is 6. The van der Waals surface area contributed by atoms with Crippen molar-refractivity contribution in [3.63, 3.8) is 0 Å². The van der Waals surface area contributed by atoms with E-state index >= 15 is 0 Å². The zero-order chi connectivity index (χ0) is 23.3. The van der Waals surface area contributed by atoms with Crippen molar-refractivity contribution in [2.24, 2.45) is 23.3 Å². The third-order valence-electron chi connectivity index (χ3n) is 4.41. The molecule has 0 aromatic heterocycles. The molecule has 3 amide bonds. The van der Waals surface area contributed by atoms with Crippen LogP contribution in [0.4, 0.5) is 0 Å². The summed E-state index contributed by atoms with van der Waals surface area (Å²) < 4.78 is 0. The van der Waals surface area contributed by atoms with E-state index in [-0.39, 0.29) is 24.8 Å². The molecule has 10 nitrogen and oxygen atoms in total. The van der Waals surface area contributed by atoms with Gasteiger partial charge in [0.15, 0.2) is 0 Å². The number of aliphatic carboxylic acids is 1. The molecule has 0 saturated heterocycles. The second kappa shape index (κ2) is 14.7. The fourth-order valence-electron chi connectivity index (χ4n) is 2.88. The summed E-state index contributed by atoms with van der Waals surface area (Å²) in [6.07, 6.45) is 2.35. The average molecular weight is 430 g/mol. The fraction of sp³-hybridized carbons (Fsp3) is 0.800. The summed E-state index contributed by atoms with van der Waals surface area (Å²) in [5, 5.41) is 16.7. The van der Waals surface area contributed by atoms with E-state index < -0.39 is 41.8 Å². The number of carboxylic acids is 1. The third kappa shape index (κ3) is 12.4. The van der Waals surface area contributed by atoms with Crippen LogP contribution >= 0.6 is 0 Å². The molecule has 0 rings (SSSR count). The van der Waals surface area contributed by atoms with E-state index in [1.54, 1.807) is 0 Å². The summed E-state index contributed by atoms with van der Waals surface area (Å²) >= 11 is 0. The molecule has 30 heavy (non-hydrogen) atoms. The molecule has 0 saturated carbocycles. The molecule has 0 aliphatic rings. The van der Waals surface area contributed by atoms with Crippen molar-refractivity contribution in [1.29, 1.82) is 0 Å². The Labute approximate surface area is 178 Å². The lowest BCUT2D eigenvalue weighted by molar-refractivity contribution is -0.142. The van der Waals surface area contributed by atoms with Gasteiger partial charge in [-0.1, -0.05) is 27.7 Å². The first-order valence-electron chi connectivity index (χ1n) is 10.5. The van der Waals surface area contributed by atoms with Gasteiger partial charge in [-0.2, -0.15) is 0 Å². The Hall–Kier alpha value is -2.20. The lowest BCUT2D eigenvalue weighted by Crippen LogP contribution is -2.54. The van der Waals surface area contributed by atoms with Crippen LogP contribution in [0.5, 0.6) is 0 Å². The number of carbonyl (C=O) groups excluding carboxylic acids is 3. The maximum atomic E-state index is 12.5. The number of carbonyl (C=O) groups is 4. The summed E-state index contributed by atoms with van der Waals surface area (Å²) in [5.41, 5.74) is 11.3. The lowest BCUT2D eigenvalue weighted by atomic mass is 10.0. The van der Waals surface area contributed by atoms with Crippen LogP contribution in [0.3, 0.4) is 0 Å². The van der Waals surface area contributed by atoms with Crippen molar-refractivity contribution in [3.8, 4) is 0 Å². The molecule has 0 radical (unpaired) electrons. The maximum Gasteiger partial charge on any atom is 0.326 e. The van der Waals surface area contributed by atoms with Crippen LogP contribution in [0.15, 0.2) is 0 Å². The molecule has 10 heteroatoms. The molecule has 3 unspecified atom stereocenters. The van der Waals surface area contributed by atoms with Crippen molar-refractivity contribution in [2.75, 3.05) is 13.1 Å². The number of amides is 3. The number of unbranched alkanes of at least 4 members (excludes halogenated alkanes) is 1. The molecule has 0 heterocycles. The van der Waals surface area contributed by atoms with Gasteiger partial charge in [0.05, 0.1) is 12.6 Å². The van der Waals surface area contributed by atoms with Gasteiger partial charge < -0.3 is 32.5 Å². The predicted octanol–water partition coefficient (Wildman–Crippen LogP) is -0.295. The van der Waals surface area contributed by atoms with Crippen LogP contribution in [0.25, 0.3) is 0 Å². The first-order chi connectivity index (χ1) is 14.0. The fourth-order valence-corrected chi connectivity index (χ4v) is 2.88. The highest BCUT2D eigenvalue weighted by Gasteiger charge is 2.26. The van der Waals surface area contributed by atoms with Crippen LogP contribution in [0, 0.1) is 11.8 Å². The van der Waals surface area contributed by atoms with E-state index in [1.807, 2.05) is 27.7 Å². The number of hydrogen-bond acceptors (Lipinski definition) is 6. The van der Waals surface area contributed by atoms with Gasteiger partial charge in [-0.15, -0.1) is 0 Å². The zero-order valence-electron chi connectivity index (χ0n) is 18.6. The van der Waals surface area contributed by atoms with Gasteiger partial charge in [-0.25, -0.2) is 4.79 Å². The lowest BCUT2D eigenvalue weighted by Gasteiger charge is -2.23. The normalized spacial score (nSPS) is 14.1. The van der Waals surface area contributed by atoms with Crippen molar-refractivity contribution in [2.45, 2.75) is 77.9 Å². The van der Waals surface area contributed by atoms with Gasteiger partial charge in [0.2, 0.25) is 17.7 Å². The second-order valence-corrected chi connectivity index (χ2v) is 8.39. The van der Waals surface area contributed by atoms with Crippen LogP contribution in [0.1, 0.15) is 59.8 Å². The summed E-state index contributed by atoms with van der Waals surface area (Å²) in [6.45, 7) is 7.77. The van der Waals surface area contributed by atoms with Crippen LogP contribution in [-0.2, 0) is 19.2 Å². The monoisotopic (exact) mass is 429 g/mol. The molecule has 0 aromatic carbocycles. The first-order valence-corrected chi connectivity index (χ1v) is 10.5. The molecule has 0 bridgehead atoms. The minimum Gasteiger partial charge on any atom is -0.480 e. The first kappa shape index (κ1) is 27.8. The van der Waals surface area contributed by atoms with Crippen molar-refractivity contribution < 1.29 is 24.3 Å². The summed E-state index contributed by atoms with van der Waals surface area (Å²) in [4.78, 5) is 48.1. The molecule has 8 N–H and O–H groups in total. The minimum absolute atomic E-state index is 0.120. The van der Waals surface area contributed by atoms with E-state index in [4.69, 9.17) is 11.5 Å². The summed E-state index contributed by atoms with van der Waals surface area (Å²) in [6, 6.07) is -2.59. The van der Waals surface area contributed by atoms with Crippen LogP contribution in [0.2, 0.25) is 0 Å². The van der Waals surface area contributed by atoms with Crippen molar-refractivity contribution in [1.82, 2.24) is 16.0 Å². The van der Waals surface area contributed by atoms with E-state index in [1.165, 1.54) is 0 Å². The summed E-state index contributed by atoms with van der Waals surface area (Å²) in [7, 11) is 0. The third-order valence-corrected chi connectivity index (χ3v) is 4.41. The standard InChI is InChI=1S/C20H39N5O5/c1-12(2)9-14(22)18(27)25-16(10-13(3)4)19(28)23-11-17(26)24-15(20(29)30)7-5-6-8-21/h12-16H,5-11,21-22H2,1-4H3,(H,23,28)(H,24,26)(H,25,27)(H,29,30). The molecular weight excluding hydrogens is 390 g/mol.